The summed E-state index contributed by atoms with van der Waals surface area (Å²) in [6.07, 6.45) is 4.13. The average molecular weight is 305 g/mol. The summed E-state index contributed by atoms with van der Waals surface area (Å²) in [6.45, 7) is 8.49. The number of piperidine rings is 1. The van der Waals surface area contributed by atoms with E-state index in [1.54, 1.807) is 13.2 Å². The summed E-state index contributed by atoms with van der Waals surface area (Å²) in [6, 6.07) is 5.87. The molecule has 0 N–H and O–H groups in total. The molecule has 3 nitrogen and oxygen atoms in total. The second kappa shape index (κ2) is 7.46. The fourth-order valence-corrected chi connectivity index (χ4v) is 2.77. The number of ether oxygens (including phenoxy) is 2. The minimum absolute atomic E-state index is 0.462. The SMILES string of the molecule is C=CCOc1ccc(C(=S)N2CCC(C)CC2)cc1OC. The molecule has 1 saturated heterocycles. The Morgan fingerprint density at radius 2 is 2.10 bits per heavy atom. The topological polar surface area (TPSA) is 21.7 Å². The Bertz CT molecular complexity index is 508. The van der Waals surface area contributed by atoms with E-state index in [2.05, 4.69) is 18.4 Å². The Morgan fingerprint density at radius 1 is 1.38 bits per heavy atom. The van der Waals surface area contributed by atoms with E-state index in [0.29, 0.717) is 12.4 Å². The number of benzene rings is 1. The molecule has 1 fully saturated rings. The van der Waals surface area contributed by atoms with Gasteiger partial charge in [-0.1, -0.05) is 31.8 Å². The molecule has 0 unspecified atom stereocenters. The van der Waals surface area contributed by atoms with E-state index in [0.717, 1.165) is 35.3 Å². The van der Waals surface area contributed by atoms with Gasteiger partial charge in [0.25, 0.3) is 0 Å². The van der Waals surface area contributed by atoms with Crippen molar-refractivity contribution in [1.82, 2.24) is 4.90 Å². The number of likely N-dealkylation sites (tertiary alicyclic amines) is 1. The van der Waals surface area contributed by atoms with Crippen molar-refractivity contribution in [1.29, 1.82) is 0 Å². The first-order chi connectivity index (χ1) is 10.2. The summed E-state index contributed by atoms with van der Waals surface area (Å²) >= 11 is 5.63. The Balaban J connectivity index is 2.12. The van der Waals surface area contributed by atoms with Gasteiger partial charge in [-0.2, -0.15) is 0 Å². The van der Waals surface area contributed by atoms with Crippen LogP contribution in [0.5, 0.6) is 11.5 Å². The van der Waals surface area contributed by atoms with E-state index in [-0.39, 0.29) is 0 Å². The molecule has 114 valence electrons. The number of hydrogen-bond acceptors (Lipinski definition) is 3. The third-order valence-electron chi connectivity index (χ3n) is 3.84. The predicted molar refractivity (Wildman–Crippen MR) is 90.4 cm³/mol. The highest BCUT2D eigenvalue weighted by Crippen LogP contribution is 2.29. The highest BCUT2D eigenvalue weighted by Gasteiger charge is 2.19. The molecule has 0 aromatic heterocycles. The van der Waals surface area contributed by atoms with E-state index in [1.807, 2.05) is 18.2 Å². The van der Waals surface area contributed by atoms with Gasteiger partial charge in [-0.15, -0.1) is 0 Å². The molecule has 0 saturated carbocycles. The van der Waals surface area contributed by atoms with Crippen LogP contribution in [0.15, 0.2) is 30.9 Å². The largest absolute Gasteiger partial charge is 0.493 e. The van der Waals surface area contributed by atoms with E-state index in [9.17, 15) is 0 Å². The van der Waals surface area contributed by atoms with Gasteiger partial charge >= 0.3 is 0 Å². The summed E-state index contributed by atoms with van der Waals surface area (Å²) in [4.78, 5) is 3.18. The normalized spacial score (nSPS) is 15.6. The van der Waals surface area contributed by atoms with Crippen molar-refractivity contribution < 1.29 is 9.47 Å². The van der Waals surface area contributed by atoms with Crippen molar-refractivity contribution in [3.05, 3.63) is 36.4 Å². The van der Waals surface area contributed by atoms with Crippen molar-refractivity contribution in [3.63, 3.8) is 0 Å². The highest BCUT2D eigenvalue weighted by atomic mass is 32.1. The van der Waals surface area contributed by atoms with E-state index in [4.69, 9.17) is 21.7 Å². The molecule has 1 heterocycles. The standard InChI is InChI=1S/C17H23NO2S/c1-4-11-20-15-6-5-14(12-16(15)19-3)17(21)18-9-7-13(2)8-10-18/h4-6,12-13H,1,7-11H2,2-3H3. The van der Waals surface area contributed by atoms with Gasteiger partial charge in [0.1, 0.15) is 11.6 Å². The summed E-state index contributed by atoms with van der Waals surface area (Å²) < 4.78 is 11.0. The lowest BCUT2D eigenvalue weighted by Gasteiger charge is -2.32. The molecule has 0 amide bonds. The van der Waals surface area contributed by atoms with Crippen LogP contribution in [0.4, 0.5) is 0 Å². The molecule has 2 rings (SSSR count). The Hall–Kier alpha value is -1.55. The van der Waals surface area contributed by atoms with Crippen LogP contribution in [0.25, 0.3) is 0 Å². The van der Waals surface area contributed by atoms with Gasteiger partial charge in [0.2, 0.25) is 0 Å². The molecule has 0 bridgehead atoms. The van der Waals surface area contributed by atoms with Crippen molar-refractivity contribution >= 4 is 17.2 Å². The maximum atomic E-state index is 5.63. The third kappa shape index (κ3) is 3.97. The molecule has 0 spiro atoms. The zero-order valence-corrected chi connectivity index (χ0v) is 13.6. The van der Waals surface area contributed by atoms with Gasteiger partial charge in [-0.25, -0.2) is 0 Å². The number of thiocarbonyl (C=S) groups is 1. The quantitative estimate of drug-likeness (QED) is 0.611. The first-order valence-electron chi connectivity index (χ1n) is 7.36. The van der Waals surface area contributed by atoms with Gasteiger partial charge in [0.05, 0.1) is 7.11 Å². The van der Waals surface area contributed by atoms with Crippen LogP contribution in [0.2, 0.25) is 0 Å². The minimum Gasteiger partial charge on any atom is -0.493 e. The van der Waals surface area contributed by atoms with Gasteiger partial charge in [-0.3, -0.25) is 0 Å². The van der Waals surface area contributed by atoms with Gasteiger partial charge < -0.3 is 14.4 Å². The number of nitrogens with zero attached hydrogens (tertiary/aromatic N) is 1. The average Bonchev–Trinajstić information content (AvgIpc) is 2.52. The zero-order valence-electron chi connectivity index (χ0n) is 12.8. The second-order valence-electron chi connectivity index (χ2n) is 5.44. The first-order valence-corrected chi connectivity index (χ1v) is 7.77. The van der Waals surface area contributed by atoms with Gasteiger partial charge in [-0.05, 0) is 37.0 Å². The smallest absolute Gasteiger partial charge is 0.161 e. The van der Waals surface area contributed by atoms with E-state index in [1.165, 1.54) is 12.8 Å². The van der Waals surface area contributed by atoms with Gasteiger partial charge in [0.15, 0.2) is 11.5 Å². The van der Waals surface area contributed by atoms with E-state index < -0.39 is 0 Å². The Kier molecular flexibility index (Phi) is 5.62. The lowest BCUT2D eigenvalue weighted by molar-refractivity contribution is 0.284. The lowest BCUT2D eigenvalue weighted by atomic mass is 9.99. The molecule has 0 atom stereocenters. The zero-order chi connectivity index (χ0) is 15.2. The van der Waals surface area contributed by atoms with Crippen LogP contribution in [-0.2, 0) is 0 Å². The maximum absolute atomic E-state index is 5.63. The van der Waals surface area contributed by atoms with Crippen LogP contribution >= 0.6 is 12.2 Å². The molecule has 4 heteroatoms. The molecule has 1 aromatic rings. The first kappa shape index (κ1) is 15.8. The molecule has 1 aromatic carbocycles. The second-order valence-corrected chi connectivity index (χ2v) is 5.83. The van der Waals surface area contributed by atoms with E-state index >= 15 is 0 Å². The summed E-state index contributed by atoms with van der Waals surface area (Å²) in [5.41, 5.74) is 1.02. The molecule has 0 aliphatic carbocycles. The van der Waals surface area contributed by atoms with Crippen molar-refractivity contribution in [2.75, 3.05) is 26.8 Å². The van der Waals surface area contributed by atoms with Crippen molar-refractivity contribution in [3.8, 4) is 11.5 Å². The van der Waals surface area contributed by atoms with Crippen LogP contribution < -0.4 is 9.47 Å². The third-order valence-corrected chi connectivity index (χ3v) is 4.33. The van der Waals surface area contributed by atoms with Gasteiger partial charge in [0, 0.05) is 18.7 Å². The number of hydrogen-bond donors (Lipinski definition) is 0. The number of methoxy groups -OCH3 is 1. The van der Waals surface area contributed by atoms with Crippen LogP contribution in [0, 0.1) is 5.92 Å². The monoisotopic (exact) mass is 305 g/mol. The predicted octanol–water partition coefficient (Wildman–Crippen LogP) is 3.67. The van der Waals surface area contributed by atoms with Crippen LogP contribution in [0.1, 0.15) is 25.3 Å². The number of rotatable bonds is 5. The fourth-order valence-electron chi connectivity index (χ4n) is 2.46. The Labute approximate surface area is 132 Å². The van der Waals surface area contributed by atoms with Crippen molar-refractivity contribution in [2.24, 2.45) is 5.92 Å². The molecule has 0 radical (unpaired) electrons. The molecular weight excluding hydrogens is 282 g/mol. The van der Waals surface area contributed by atoms with Crippen LogP contribution in [-0.4, -0.2) is 36.7 Å². The summed E-state index contributed by atoms with van der Waals surface area (Å²) in [5, 5.41) is 0. The van der Waals surface area contributed by atoms with Crippen molar-refractivity contribution in [2.45, 2.75) is 19.8 Å². The minimum atomic E-state index is 0.462. The summed E-state index contributed by atoms with van der Waals surface area (Å²) in [5.74, 6) is 2.23. The molecule has 21 heavy (non-hydrogen) atoms. The fraction of sp³-hybridized carbons (Fsp3) is 0.471. The maximum Gasteiger partial charge on any atom is 0.161 e. The lowest BCUT2D eigenvalue weighted by Crippen LogP contribution is -2.37. The van der Waals surface area contributed by atoms with Crippen LogP contribution in [0.3, 0.4) is 0 Å². The molecule has 1 aliphatic rings. The molecular formula is C17H23NO2S. The molecule has 1 aliphatic heterocycles. The Morgan fingerprint density at radius 3 is 2.71 bits per heavy atom. The summed E-state index contributed by atoms with van der Waals surface area (Å²) in [7, 11) is 1.64. The highest BCUT2D eigenvalue weighted by molar-refractivity contribution is 7.80.